The smallest absolute Gasteiger partial charge is 0.341 e. The molecule has 0 bridgehead atoms. The summed E-state index contributed by atoms with van der Waals surface area (Å²) in [4.78, 5) is 10.4. The van der Waals surface area contributed by atoms with Gasteiger partial charge in [-0.3, -0.25) is 0 Å². The highest BCUT2D eigenvalue weighted by Crippen LogP contribution is 2.27. The first-order chi connectivity index (χ1) is 7.04. The number of carboxylic acids is 1. The highest BCUT2D eigenvalue weighted by molar-refractivity contribution is 7.85. The summed E-state index contributed by atoms with van der Waals surface area (Å²) in [7, 11) is 1.42. The van der Waals surface area contributed by atoms with E-state index in [0.29, 0.717) is 5.56 Å². The lowest BCUT2D eigenvalue weighted by molar-refractivity contribution is -0.131. The normalized spacial score (nSPS) is 11.2. The van der Waals surface area contributed by atoms with Crippen molar-refractivity contribution in [1.82, 2.24) is 0 Å². The van der Waals surface area contributed by atoms with Gasteiger partial charge in [0.25, 0.3) is 0 Å². The molecule has 0 radical (unpaired) electrons. The van der Waals surface area contributed by atoms with E-state index >= 15 is 0 Å². The molecular formula is C10H10O4S. The molecule has 0 fully saturated rings. The quantitative estimate of drug-likeness (QED) is 0.542. The predicted molar refractivity (Wildman–Crippen MR) is 59.3 cm³/mol. The number of ether oxygens (including phenoxy) is 1. The second kappa shape index (κ2) is 4.75. The Balaban J connectivity index is 3.07. The minimum absolute atomic E-state index is 0.00527. The maximum absolute atomic E-state index is 10.5. The first kappa shape index (κ1) is 11.5. The monoisotopic (exact) mass is 226 g/mol. The van der Waals surface area contributed by atoms with Crippen LogP contribution in [0.2, 0.25) is 0 Å². The van der Waals surface area contributed by atoms with Crippen molar-refractivity contribution in [1.29, 1.82) is 0 Å². The van der Waals surface area contributed by atoms with Crippen LogP contribution in [0.3, 0.4) is 0 Å². The van der Waals surface area contributed by atoms with Gasteiger partial charge in [-0.05, 0) is 23.8 Å². The number of benzene rings is 1. The van der Waals surface area contributed by atoms with Gasteiger partial charge in [0, 0.05) is 0 Å². The molecule has 15 heavy (non-hydrogen) atoms. The molecule has 5 heteroatoms. The van der Waals surface area contributed by atoms with Crippen molar-refractivity contribution in [3.63, 3.8) is 0 Å². The van der Waals surface area contributed by atoms with E-state index in [1.807, 2.05) is 0 Å². The average Bonchev–Trinajstić information content (AvgIpc) is 2.20. The SMILES string of the molecule is COc1cc(C=C(S)C(=O)O)ccc1O. The van der Waals surface area contributed by atoms with Crippen LogP contribution in [-0.2, 0) is 4.79 Å². The molecule has 0 aliphatic heterocycles. The summed E-state index contributed by atoms with van der Waals surface area (Å²) in [6.45, 7) is 0. The molecular weight excluding hydrogens is 216 g/mol. The number of phenols is 1. The minimum Gasteiger partial charge on any atom is -0.504 e. The Morgan fingerprint density at radius 3 is 2.73 bits per heavy atom. The molecule has 80 valence electrons. The van der Waals surface area contributed by atoms with Gasteiger partial charge in [-0.1, -0.05) is 6.07 Å². The summed E-state index contributed by atoms with van der Waals surface area (Å²) in [6, 6.07) is 4.51. The molecule has 0 saturated heterocycles. The van der Waals surface area contributed by atoms with Gasteiger partial charge in [0.2, 0.25) is 0 Å². The van der Waals surface area contributed by atoms with Crippen molar-refractivity contribution in [3.05, 3.63) is 28.7 Å². The molecule has 1 rings (SSSR count). The van der Waals surface area contributed by atoms with Crippen LogP contribution in [0.1, 0.15) is 5.56 Å². The third kappa shape index (κ3) is 2.92. The molecule has 2 N–H and O–H groups in total. The summed E-state index contributed by atoms with van der Waals surface area (Å²) in [5.41, 5.74) is 0.594. The largest absolute Gasteiger partial charge is 0.504 e. The van der Waals surface area contributed by atoms with Gasteiger partial charge in [-0.2, -0.15) is 0 Å². The standard InChI is InChI=1S/C10H10O4S/c1-14-8-4-6(2-3-7(8)11)5-9(15)10(12)13/h2-5,11,15H,1H3,(H,12,13). The zero-order chi connectivity index (χ0) is 11.4. The van der Waals surface area contributed by atoms with Crippen molar-refractivity contribution in [2.45, 2.75) is 0 Å². The van der Waals surface area contributed by atoms with E-state index in [1.165, 1.54) is 25.3 Å². The number of carboxylic acid groups (broad SMARTS) is 1. The van der Waals surface area contributed by atoms with Crippen LogP contribution in [0, 0.1) is 0 Å². The summed E-state index contributed by atoms with van der Waals surface area (Å²) >= 11 is 3.78. The summed E-state index contributed by atoms with van der Waals surface area (Å²) in [5.74, 6) is -0.814. The first-order valence-corrected chi connectivity index (χ1v) is 4.50. The zero-order valence-electron chi connectivity index (χ0n) is 7.97. The minimum atomic E-state index is -1.11. The Hall–Kier alpha value is -1.62. The fourth-order valence-corrected chi connectivity index (χ4v) is 1.15. The van der Waals surface area contributed by atoms with Gasteiger partial charge in [0.05, 0.1) is 12.0 Å². The van der Waals surface area contributed by atoms with Crippen LogP contribution in [0.25, 0.3) is 6.08 Å². The Morgan fingerprint density at radius 1 is 1.53 bits per heavy atom. The lowest BCUT2D eigenvalue weighted by Gasteiger charge is -2.03. The number of aliphatic carboxylic acids is 1. The molecule has 1 aromatic carbocycles. The van der Waals surface area contributed by atoms with Crippen LogP contribution in [0.5, 0.6) is 11.5 Å². The maximum atomic E-state index is 10.5. The molecule has 0 unspecified atom stereocenters. The Bertz CT molecular complexity index is 412. The van der Waals surface area contributed by atoms with E-state index in [4.69, 9.17) is 9.84 Å². The van der Waals surface area contributed by atoms with Crippen LogP contribution in [-0.4, -0.2) is 23.3 Å². The van der Waals surface area contributed by atoms with Gasteiger partial charge >= 0.3 is 5.97 Å². The third-order valence-electron chi connectivity index (χ3n) is 1.73. The fourth-order valence-electron chi connectivity index (χ4n) is 1.00. The van der Waals surface area contributed by atoms with Gasteiger partial charge in [0.15, 0.2) is 11.5 Å². The van der Waals surface area contributed by atoms with Gasteiger partial charge in [-0.15, -0.1) is 12.6 Å². The van der Waals surface area contributed by atoms with Crippen LogP contribution in [0.4, 0.5) is 0 Å². The second-order valence-corrected chi connectivity index (χ2v) is 3.25. The van der Waals surface area contributed by atoms with Gasteiger partial charge in [0.1, 0.15) is 0 Å². The molecule has 0 spiro atoms. The molecule has 0 aromatic heterocycles. The second-order valence-electron chi connectivity index (χ2n) is 2.77. The van der Waals surface area contributed by atoms with E-state index in [1.54, 1.807) is 6.07 Å². The average molecular weight is 226 g/mol. The predicted octanol–water partition coefficient (Wildman–Crippen LogP) is 1.76. The van der Waals surface area contributed by atoms with Crippen molar-refractivity contribution >= 4 is 24.7 Å². The lowest BCUT2D eigenvalue weighted by Crippen LogP contribution is -1.93. The van der Waals surface area contributed by atoms with E-state index in [-0.39, 0.29) is 16.4 Å². The summed E-state index contributed by atoms with van der Waals surface area (Å²) < 4.78 is 4.88. The fraction of sp³-hybridized carbons (Fsp3) is 0.100. The number of thiol groups is 1. The summed E-state index contributed by atoms with van der Waals surface area (Å²) in [6.07, 6.45) is 1.37. The zero-order valence-corrected chi connectivity index (χ0v) is 8.86. The van der Waals surface area contributed by atoms with Crippen molar-refractivity contribution in [3.8, 4) is 11.5 Å². The molecule has 0 aliphatic carbocycles. The Morgan fingerprint density at radius 2 is 2.20 bits per heavy atom. The number of phenolic OH excluding ortho intramolecular Hbond substituents is 1. The molecule has 0 amide bonds. The number of methoxy groups -OCH3 is 1. The van der Waals surface area contributed by atoms with E-state index in [2.05, 4.69) is 12.6 Å². The first-order valence-electron chi connectivity index (χ1n) is 4.05. The summed E-state index contributed by atoms with van der Waals surface area (Å²) in [5, 5.41) is 17.9. The molecule has 0 heterocycles. The molecule has 0 saturated carbocycles. The number of aromatic hydroxyl groups is 1. The van der Waals surface area contributed by atoms with Crippen molar-refractivity contribution < 1.29 is 19.7 Å². The molecule has 0 atom stereocenters. The lowest BCUT2D eigenvalue weighted by atomic mass is 10.2. The van der Waals surface area contributed by atoms with Gasteiger partial charge < -0.3 is 14.9 Å². The van der Waals surface area contributed by atoms with Crippen molar-refractivity contribution in [2.75, 3.05) is 7.11 Å². The molecule has 1 aromatic rings. The highest BCUT2D eigenvalue weighted by Gasteiger charge is 2.04. The number of carbonyl (C=O) groups is 1. The Labute approximate surface area is 92.2 Å². The maximum Gasteiger partial charge on any atom is 0.341 e. The Kier molecular flexibility index (Phi) is 3.62. The number of hydrogen-bond acceptors (Lipinski definition) is 4. The van der Waals surface area contributed by atoms with E-state index in [0.717, 1.165) is 0 Å². The van der Waals surface area contributed by atoms with Crippen LogP contribution < -0.4 is 4.74 Å². The topological polar surface area (TPSA) is 66.8 Å². The molecule has 0 aliphatic rings. The highest BCUT2D eigenvalue weighted by atomic mass is 32.1. The number of rotatable bonds is 3. The van der Waals surface area contributed by atoms with Crippen molar-refractivity contribution in [2.24, 2.45) is 0 Å². The van der Waals surface area contributed by atoms with E-state index in [9.17, 15) is 9.90 Å². The van der Waals surface area contributed by atoms with Crippen LogP contribution in [0.15, 0.2) is 23.1 Å². The number of hydrogen-bond donors (Lipinski definition) is 3. The van der Waals surface area contributed by atoms with E-state index < -0.39 is 5.97 Å². The van der Waals surface area contributed by atoms with Crippen LogP contribution >= 0.6 is 12.6 Å². The third-order valence-corrected chi connectivity index (χ3v) is 2.05. The molecule has 4 nitrogen and oxygen atoms in total. The van der Waals surface area contributed by atoms with Gasteiger partial charge in [-0.25, -0.2) is 4.79 Å².